The number of amides is 1. The summed E-state index contributed by atoms with van der Waals surface area (Å²) in [6.45, 7) is 4.04. The van der Waals surface area contributed by atoms with Crippen molar-refractivity contribution in [2.45, 2.75) is 243 Å². The lowest BCUT2D eigenvalue weighted by Gasteiger charge is -2.40. The number of nitrogens with one attached hydrogen (secondary N) is 1. The van der Waals surface area contributed by atoms with E-state index in [1.165, 1.54) is 44.9 Å². The normalized spacial score (nSPS) is 20.1. The fraction of sp³-hybridized carbons (Fsp3) is 0.719. The molecule has 7 atom stereocenters. The molecule has 11 heteroatoms. The standard InChI is InChI=1S/C57H97NO10/c1-3-5-7-9-11-13-15-21-25-29-33-37-41-45-53(62)66-46-42-38-34-30-26-23-20-18-16-17-19-22-24-28-32-36-40-44-52(61)58-49(48-67-57-56(65)55(64)54(63)51(47-59)68-57)50(60)43-39-35-31-27-14-12-10-8-6-4-2/h6-9,13-16,18,23,26-27,39,43,49-51,54-57,59-60,63-65H,3-5,10-12,17,19-22,24-25,28-38,40-42,44-48H2,1-2H3,(H,58,61)/b8-6+,9-7-,15-13-,18-16-,26-23-,27-14+,43-39+. The first-order valence-corrected chi connectivity index (χ1v) is 26.9. The Bertz CT molecular complexity index is 1400. The van der Waals surface area contributed by atoms with Crippen molar-refractivity contribution in [3.05, 3.63) is 85.1 Å². The third kappa shape index (κ3) is 35.9. The number of rotatable bonds is 44. The number of hydrogen-bond donors (Lipinski definition) is 6. The second-order valence-electron chi connectivity index (χ2n) is 18.2. The molecule has 0 aromatic heterocycles. The van der Waals surface area contributed by atoms with Crippen molar-refractivity contribution in [2.75, 3.05) is 19.8 Å². The highest BCUT2D eigenvalue weighted by molar-refractivity contribution is 5.76. The number of hydrogen-bond acceptors (Lipinski definition) is 10. The molecule has 0 aromatic carbocycles. The van der Waals surface area contributed by atoms with Gasteiger partial charge in [0.1, 0.15) is 24.4 Å². The molecule has 6 N–H and O–H groups in total. The van der Waals surface area contributed by atoms with Crippen molar-refractivity contribution < 1.29 is 49.3 Å². The van der Waals surface area contributed by atoms with Gasteiger partial charge in [0.15, 0.2) is 6.29 Å². The molecule has 390 valence electrons. The highest BCUT2D eigenvalue weighted by atomic mass is 16.7. The van der Waals surface area contributed by atoms with Crippen molar-refractivity contribution in [2.24, 2.45) is 0 Å². The number of allylic oxidation sites excluding steroid dienone is 13. The molecule has 1 heterocycles. The molecule has 11 nitrogen and oxygen atoms in total. The number of aliphatic hydroxyl groups excluding tert-OH is 5. The fourth-order valence-corrected chi connectivity index (χ4v) is 7.66. The first-order chi connectivity index (χ1) is 33.2. The van der Waals surface area contributed by atoms with Crippen LogP contribution in [0.1, 0.15) is 200 Å². The molecule has 7 unspecified atom stereocenters. The predicted molar refractivity (Wildman–Crippen MR) is 278 cm³/mol. The summed E-state index contributed by atoms with van der Waals surface area (Å²) >= 11 is 0. The quantitative estimate of drug-likeness (QED) is 0.0196. The Balaban J connectivity index is 2.15. The number of unbranched alkanes of at least 4 members (excludes halogenated alkanes) is 18. The summed E-state index contributed by atoms with van der Waals surface area (Å²) in [6, 6.07) is -0.848. The lowest BCUT2D eigenvalue weighted by atomic mass is 9.99. The van der Waals surface area contributed by atoms with Gasteiger partial charge in [-0.05, 0) is 116 Å². The zero-order valence-corrected chi connectivity index (χ0v) is 42.5. The second kappa shape index (κ2) is 46.2. The van der Waals surface area contributed by atoms with Gasteiger partial charge in [0.25, 0.3) is 0 Å². The maximum Gasteiger partial charge on any atom is 0.305 e. The average molecular weight is 956 g/mol. The molecule has 1 amide bonds. The average Bonchev–Trinajstić information content (AvgIpc) is 3.33. The summed E-state index contributed by atoms with van der Waals surface area (Å²) in [5, 5.41) is 54.1. The van der Waals surface area contributed by atoms with Gasteiger partial charge in [0.05, 0.1) is 32.0 Å². The van der Waals surface area contributed by atoms with Gasteiger partial charge in [-0.3, -0.25) is 9.59 Å². The van der Waals surface area contributed by atoms with Crippen molar-refractivity contribution in [3.8, 4) is 0 Å². The van der Waals surface area contributed by atoms with E-state index in [-0.39, 0.29) is 18.5 Å². The maximum atomic E-state index is 13.0. The Morgan fingerprint density at radius 2 is 1.04 bits per heavy atom. The molecule has 0 radical (unpaired) electrons. The van der Waals surface area contributed by atoms with Gasteiger partial charge < -0.3 is 45.1 Å². The van der Waals surface area contributed by atoms with Gasteiger partial charge in [-0.15, -0.1) is 0 Å². The first kappa shape index (κ1) is 62.9. The SMILES string of the molecule is CC/C=C/CC/C=C/CC/C=C/C(O)C(COC1OC(CO)C(O)C(O)C1O)NC(=O)CCCCCCCCC/C=C\C/C=C\CCCCCOC(=O)CCCCCCC/C=C\C/C=C\CCC. The van der Waals surface area contributed by atoms with E-state index in [1.807, 2.05) is 6.08 Å². The summed E-state index contributed by atoms with van der Waals surface area (Å²) in [5.41, 5.74) is 0. The topological polar surface area (TPSA) is 175 Å². The van der Waals surface area contributed by atoms with Crippen LogP contribution in [0.3, 0.4) is 0 Å². The minimum Gasteiger partial charge on any atom is -0.466 e. The smallest absolute Gasteiger partial charge is 0.305 e. The van der Waals surface area contributed by atoms with E-state index in [9.17, 15) is 35.1 Å². The zero-order chi connectivity index (χ0) is 49.6. The van der Waals surface area contributed by atoms with E-state index in [0.717, 1.165) is 122 Å². The van der Waals surface area contributed by atoms with Crippen LogP contribution in [-0.2, 0) is 23.8 Å². The van der Waals surface area contributed by atoms with E-state index in [4.69, 9.17) is 14.2 Å². The monoisotopic (exact) mass is 956 g/mol. The Morgan fingerprint density at radius 3 is 1.60 bits per heavy atom. The predicted octanol–water partition coefficient (Wildman–Crippen LogP) is 11.4. The lowest BCUT2D eigenvalue weighted by Crippen LogP contribution is -2.60. The molecule has 0 aromatic rings. The largest absolute Gasteiger partial charge is 0.466 e. The molecule has 0 aliphatic carbocycles. The van der Waals surface area contributed by atoms with Crippen molar-refractivity contribution in [1.82, 2.24) is 5.32 Å². The maximum absolute atomic E-state index is 13.0. The van der Waals surface area contributed by atoms with Gasteiger partial charge in [-0.2, -0.15) is 0 Å². The van der Waals surface area contributed by atoms with Gasteiger partial charge >= 0.3 is 5.97 Å². The van der Waals surface area contributed by atoms with Crippen LogP contribution >= 0.6 is 0 Å². The van der Waals surface area contributed by atoms with Crippen LogP contribution < -0.4 is 5.32 Å². The second-order valence-corrected chi connectivity index (χ2v) is 18.2. The van der Waals surface area contributed by atoms with E-state index in [2.05, 4.69) is 92.1 Å². The molecule has 1 aliphatic heterocycles. The summed E-state index contributed by atoms with van der Waals surface area (Å²) < 4.78 is 16.6. The summed E-state index contributed by atoms with van der Waals surface area (Å²) in [7, 11) is 0. The number of carbonyl (C=O) groups is 2. The first-order valence-electron chi connectivity index (χ1n) is 26.9. The minimum absolute atomic E-state index is 0.0508. The van der Waals surface area contributed by atoms with Gasteiger partial charge in [-0.25, -0.2) is 0 Å². The van der Waals surface area contributed by atoms with Crippen LogP contribution in [0.5, 0.6) is 0 Å². The molecule has 1 aliphatic rings. The van der Waals surface area contributed by atoms with Crippen molar-refractivity contribution >= 4 is 11.9 Å². The Morgan fingerprint density at radius 1 is 0.559 bits per heavy atom. The fourth-order valence-electron chi connectivity index (χ4n) is 7.66. The third-order valence-electron chi connectivity index (χ3n) is 11.9. The summed E-state index contributed by atoms with van der Waals surface area (Å²) in [5.74, 6) is -0.269. The summed E-state index contributed by atoms with van der Waals surface area (Å²) in [4.78, 5) is 25.0. The molecule has 68 heavy (non-hydrogen) atoms. The molecular formula is C57H97NO10. The number of esters is 1. The Hall–Kier alpha value is -3.16. The number of aliphatic hydroxyl groups is 5. The van der Waals surface area contributed by atoms with Crippen LogP contribution in [0.4, 0.5) is 0 Å². The third-order valence-corrected chi connectivity index (χ3v) is 11.9. The molecule has 1 saturated heterocycles. The van der Waals surface area contributed by atoms with Crippen LogP contribution in [0.25, 0.3) is 0 Å². The molecule has 1 rings (SSSR count). The van der Waals surface area contributed by atoms with Crippen molar-refractivity contribution in [3.63, 3.8) is 0 Å². The van der Waals surface area contributed by atoms with E-state index >= 15 is 0 Å². The van der Waals surface area contributed by atoms with E-state index in [0.29, 0.717) is 25.9 Å². The molecule has 0 bridgehead atoms. The lowest BCUT2D eigenvalue weighted by molar-refractivity contribution is -0.302. The van der Waals surface area contributed by atoms with Crippen LogP contribution in [0.2, 0.25) is 0 Å². The van der Waals surface area contributed by atoms with E-state index < -0.39 is 49.5 Å². The molecule has 0 saturated carbocycles. The Labute approximate surface area is 413 Å². The molecule has 1 fully saturated rings. The Kier molecular flexibility index (Phi) is 42.7. The van der Waals surface area contributed by atoms with Gasteiger partial charge in [0.2, 0.25) is 5.91 Å². The van der Waals surface area contributed by atoms with E-state index in [1.54, 1.807) is 6.08 Å². The highest BCUT2D eigenvalue weighted by Gasteiger charge is 2.44. The zero-order valence-electron chi connectivity index (χ0n) is 42.5. The highest BCUT2D eigenvalue weighted by Crippen LogP contribution is 2.22. The van der Waals surface area contributed by atoms with Crippen molar-refractivity contribution in [1.29, 1.82) is 0 Å². The number of carbonyl (C=O) groups excluding carboxylic acids is 2. The molecular weight excluding hydrogens is 859 g/mol. The number of ether oxygens (including phenoxy) is 3. The minimum atomic E-state index is -1.59. The van der Waals surface area contributed by atoms with Crippen LogP contribution in [-0.4, -0.2) is 100 Å². The van der Waals surface area contributed by atoms with Crippen LogP contribution in [0, 0.1) is 0 Å². The summed E-state index contributed by atoms with van der Waals surface area (Å²) in [6.07, 6.45) is 51.1. The van der Waals surface area contributed by atoms with Gasteiger partial charge in [0, 0.05) is 12.8 Å². The molecule has 0 spiro atoms. The van der Waals surface area contributed by atoms with Gasteiger partial charge in [-0.1, -0.05) is 157 Å². The van der Waals surface area contributed by atoms with Crippen LogP contribution in [0.15, 0.2) is 85.1 Å².